The van der Waals surface area contributed by atoms with E-state index in [9.17, 15) is 5.11 Å². The number of aliphatic hydroxyl groups excluding tert-OH is 1. The van der Waals surface area contributed by atoms with Crippen LogP contribution in [0.3, 0.4) is 0 Å². The van der Waals surface area contributed by atoms with Gasteiger partial charge in [0.1, 0.15) is 0 Å². The largest absolute Gasteiger partial charge is 0.393 e. The van der Waals surface area contributed by atoms with Gasteiger partial charge in [0.15, 0.2) is 5.79 Å². The average molecular weight is 198 g/mol. The number of fused-ring (bicyclic) bond motifs is 2. The minimum absolute atomic E-state index is 0.206. The first kappa shape index (κ1) is 9.13. The Kier molecular flexibility index (Phi) is 1.77. The molecule has 1 aliphatic heterocycles. The Bertz CT molecular complexity index is 247. The van der Waals surface area contributed by atoms with Gasteiger partial charge in [0.25, 0.3) is 0 Å². The van der Waals surface area contributed by atoms with Crippen LogP contribution in [0, 0.1) is 11.3 Å². The molecule has 0 bridgehead atoms. The molecule has 3 unspecified atom stereocenters. The van der Waals surface area contributed by atoms with Gasteiger partial charge in [-0.3, -0.25) is 0 Å². The van der Waals surface area contributed by atoms with Crippen LogP contribution in [0.2, 0.25) is 0 Å². The molecule has 2 saturated carbocycles. The van der Waals surface area contributed by atoms with Crippen molar-refractivity contribution in [2.24, 2.45) is 11.3 Å². The topological polar surface area (TPSA) is 38.7 Å². The van der Waals surface area contributed by atoms with Crippen LogP contribution in [0.5, 0.6) is 0 Å². The zero-order valence-electron chi connectivity index (χ0n) is 8.66. The number of rotatable bonds is 0. The lowest BCUT2D eigenvalue weighted by molar-refractivity contribution is -0.206. The van der Waals surface area contributed by atoms with Gasteiger partial charge in [-0.25, -0.2) is 0 Å². The Balaban J connectivity index is 1.95. The van der Waals surface area contributed by atoms with Crippen molar-refractivity contribution in [1.29, 1.82) is 0 Å². The lowest BCUT2D eigenvalue weighted by Gasteiger charge is -2.34. The first-order valence-corrected chi connectivity index (χ1v) is 5.62. The highest BCUT2D eigenvalue weighted by atomic mass is 16.7. The lowest BCUT2D eigenvalue weighted by Crippen LogP contribution is -2.43. The molecule has 3 rings (SSSR count). The lowest BCUT2D eigenvalue weighted by atomic mass is 9.81. The van der Waals surface area contributed by atoms with Crippen molar-refractivity contribution in [3.63, 3.8) is 0 Å². The number of ether oxygens (including phenoxy) is 2. The van der Waals surface area contributed by atoms with Gasteiger partial charge in [0, 0.05) is 12.3 Å². The van der Waals surface area contributed by atoms with Crippen molar-refractivity contribution in [3.8, 4) is 0 Å². The Labute approximate surface area is 84.4 Å². The third kappa shape index (κ3) is 0.980. The van der Waals surface area contributed by atoms with Gasteiger partial charge in [-0.05, 0) is 24.7 Å². The molecule has 1 saturated heterocycles. The second-order valence-corrected chi connectivity index (χ2v) is 5.25. The fourth-order valence-electron chi connectivity index (χ4n) is 3.78. The maximum Gasteiger partial charge on any atom is 0.174 e. The number of aliphatic hydroxyl groups is 1. The molecular formula is C11H18O3. The molecule has 0 amide bonds. The van der Waals surface area contributed by atoms with Crippen molar-refractivity contribution in [2.45, 2.75) is 44.5 Å². The summed E-state index contributed by atoms with van der Waals surface area (Å²) in [7, 11) is 0. The number of hydrogen-bond donors (Lipinski definition) is 1. The summed E-state index contributed by atoms with van der Waals surface area (Å²) in [4.78, 5) is 0. The SMILES string of the molecule is CC12CCC(O)C1C1(CC2)OCCO1. The van der Waals surface area contributed by atoms with Crippen LogP contribution in [0.4, 0.5) is 0 Å². The van der Waals surface area contributed by atoms with Gasteiger partial charge < -0.3 is 14.6 Å². The van der Waals surface area contributed by atoms with Gasteiger partial charge in [-0.2, -0.15) is 0 Å². The zero-order chi connectivity index (χ0) is 9.81. The summed E-state index contributed by atoms with van der Waals surface area (Å²) in [5.41, 5.74) is 0.254. The Hall–Kier alpha value is -0.120. The van der Waals surface area contributed by atoms with E-state index in [1.807, 2.05) is 0 Å². The van der Waals surface area contributed by atoms with E-state index in [2.05, 4.69) is 6.92 Å². The van der Waals surface area contributed by atoms with Crippen molar-refractivity contribution >= 4 is 0 Å². The van der Waals surface area contributed by atoms with Crippen LogP contribution in [-0.4, -0.2) is 30.2 Å². The molecule has 80 valence electrons. The highest BCUT2D eigenvalue weighted by Crippen LogP contribution is 2.60. The predicted molar refractivity (Wildman–Crippen MR) is 50.7 cm³/mol. The monoisotopic (exact) mass is 198 g/mol. The van der Waals surface area contributed by atoms with Gasteiger partial charge in [0.05, 0.1) is 19.3 Å². The normalized spacial score (nSPS) is 50.1. The smallest absolute Gasteiger partial charge is 0.174 e. The molecule has 1 spiro atoms. The summed E-state index contributed by atoms with van der Waals surface area (Å²) >= 11 is 0. The van der Waals surface area contributed by atoms with Crippen molar-refractivity contribution in [3.05, 3.63) is 0 Å². The molecule has 0 aromatic carbocycles. The molecule has 0 aromatic heterocycles. The molecule has 3 atom stereocenters. The molecular weight excluding hydrogens is 180 g/mol. The summed E-state index contributed by atoms with van der Waals surface area (Å²) < 4.78 is 11.5. The molecule has 3 heteroatoms. The Morgan fingerprint density at radius 3 is 2.57 bits per heavy atom. The summed E-state index contributed by atoms with van der Waals surface area (Å²) in [6, 6.07) is 0. The van der Waals surface area contributed by atoms with Crippen LogP contribution in [-0.2, 0) is 9.47 Å². The van der Waals surface area contributed by atoms with Crippen LogP contribution in [0.15, 0.2) is 0 Å². The third-order valence-electron chi connectivity index (χ3n) is 4.44. The predicted octanol–water partition coefficient (Wildman–Crippen LogP) is 1.30. The molecule has 1 N–H and O–H groups in total. The third-order valence-corrected chi connectivity index (χ3v) is 4.44. The number of hydrogen-bond acceptors (Lipinski definition) is 3. The highest BCUT2D eigenvalue weighted by molar-refractivity contribution is 5.07. The summed E-state index contributed by atoms with van der Waals surface area (Å²) in [6.45, 7) is 3.66. The van der Waals surface area contributed by atoms with E-state index < -0.39 is 5.79 Å². The second-order valence-electron chi connectivity index (χ2n) is 5.25. The first-order chi connectivity index (χ1) is 6.66. The van der Waals surface area contributed by atoms with E-state index in [4.69, 9.17) is 9.47 Å². The van der Waals surface area contributed by atoms with Gasteiger partial charge >= 0.3 is 0 Å². The Morgan fingerprint density at radius 1 is 1.14 bits per heavy atom. The van der Waals surface area contributed by atoms with E-state index in [0.717, 1.165) is 25.7 Å². The Morgan fingerprint density at radius 2 is 1.86 bits per heavy atom. The standard InChI is InChI=1S/C11H18O3/c1-10-3-2-8(12)9(10)11(5-4-10)13-6-7-14-11/h8-9,12H,2-7H2,1H3. The van der Waals surface area contributed by atoms with E-state index in [-0.39, 0.29) is 17.4 Å². The van der Waals surface area contributed by atoms with Gasteiger partial charge in [-0.1, -0.05) is 6.92 Å². The van der Waals surface area contributed by atoms with Crippen LogP contribution in [0.1, 0.15) is 32.6 Å². The summed E-state index contributed by atoms with van der Waals surface area (Å²) in [6.07, 6.45) is 3.91. The molecule has 3 nitrogen and oxygen atoms in total. The van der Waals surface area contributed by atoms with E-state index in [1.54, 1.807) is 0 Å². The fraction of sp³-hybridized carbons (Fsp3) is 1.00. The molecule has 0 aromatic rings. The minimum atomic E-state index is -0.426. The van der Waals surface area contributed by atoms with Crippen LogP contribution >= 0.6 is 0 Å². The summed E-state index contributed by atoms with van der Waals surface area (Å²) in [5.74, 6) is -0.220. The highest BCUT2D eigenvalue weighted by Gasteiger charge is 2.63. The maximum absolute atomic E-state index is 10.0. The van der Waals surface area contributed by atoms with E-state index >= 15 is 0 Å². The molecule has 3 fully saturated rings. The molecule has 14 heavy (non-hydrogen) atoms. The first-order valence-electron chi connectivity index (χ1n) is 5.62. The van der Waals surface area contributed by atoms with Crippen LogP contribution in [0.25, 0.3) is 0 Å². The molecule has 2 aliphatic carbocycles. The summed E-state index contributed by atoms with van der Waals surface area (Å²) in [5, 5.41) is 10.0. The molecule has 1 heterocycles. The van der Waals surface area contributed by atoms with Gasteiger partial charge in [-0.15, -0.1) is 0 Å². The second kappa shape index (κ2) is 2.71. The molecule has 0 radical (unpaired) electrons. The average Bonchev–Trinajstić information content (AvgIpc) is 2.78. The van der Waals surface area contributed by atoms with E-state index in [0.29, 0.717) is 13.2 Å². The van der Waals surface area contributed by atoms with Crippen molar-refractivity contribution in [2.75, 3.05) is 13.2 Å². The zero-order valence-corrected chi connectivity index (χ0v) is 8.66. The molecule has 3 aliphatic rings. The minimum Gasteiger partial charge on any atom is -0.393 e. The van der Waals surface area contributed by atoms with Crippen molar-refractivity contribution < 1.29 is 14.6 Å². The quantitative estimate of drug-likeness (QED) is 0.637. The van der Waals surface area contributed by atoms with Crippen molar-refractivity contribution in [1.82, 2.24) is 0 Å². The maximum atomic E-state index is 10.0. The van der Waals surface area contributed by atoms with Crippen LogP contribution < -0.4 is 0 Å². The van der Waals surface area contributed by atoms with Gasteiger partial charge in [0.2, 0.25) is 0 Å². The van der Waals surface area contributed by atoms with E-state index in [1.165, 1.54) is 0 Å². The fourth-order valence-corrected chi connectivity index (χ4v) is 3.78.